The average molecular weight is 392 g/mol. The summed E-state index contributed by atoms with van der Waals surface area (Å²) < 4.78 is 13.9. The van der Waals surface area contributed by atoms with Crippen LogP contribution in [-0.2, 0) is 4.79 Å². The minimum absolute atomic E-state index is 0. The van der Waals surface area contributed by atoms with Gasteiger partial charge in [0.05, 0.1) is 16.6 Å². The molecular weight excluding hydrogens is 368 g/mol. The zero-order valence-corrected chi connectivity index (χ0v) is 15.9. The first-order valence-electron chi connectivity index (χ1n) is 8.14. The molecule has 0 spiro atoms. The zero-order chi connectivity index (χ0) is 17.9. The molecule has 1 heterocycles. The molecular formula is C17H24Cl2FN3O2. The van der Waals surface area contributed by atoms with Gasteiger partial charge in [0.1, 0.15) is 5.82 Å². The molecule has 2 amide bonds. The lowest BCUT2D eigenvalue weighted by Gasteiger charge is -2.36. The van der Waals surface area contributed by atoms with Crippen LogP contribution in [0.15, 0.2) is 18.2 Å². The van der Waals surface area contributed by atoms with Gasteiger partial charge in [0.15, 0.2) is 0 Å². The van der Waals surface area contributed by atoms with Crippen LogP contribution in [0.5, 0.6) is 0 Å². The molecule has 2 rings (SSSR count). The quantitative estimate of drug-likeness (QED) is 0.857. The molecule has 25 heavy (non-hydrogen) atoms. The van der Waals surface area contributed by atoms with Crippen molar-refractivity contribution in [1.29, 1.82) is 0 Å². The molecule has 2 unspecified atom stereocenters. The van der Waals surface area contributed by atoms with E-state index in [9.17, 15) is 14.0 Å². The van der Waals surface area contributed by atoms with Crippen molar-refractivity contribution in [2.24, 2.45) is 11.7 Å². The van der Waals surface area contributed by atoms with E-state index in [0.29, 0.717) is 26.2 Å². The lowest BCUT2D eigenvalue weighted by molar-refractivity contribution is -0.135. The molecule has 1 aromatic carbocycles. The molecule has 1 fully saturated rings. The summed E-state index contributed by atoms with van der Waals surface area (Å²) in [6, 6.07) is 3.63. The maximum Gasteiger partial charge on any atom is 0.258 e. The number of hydrogen-bond acceptors (Lipinski definition) is 3. The van der Waals surface area contributed by atoms with E-state index < -0.39 is 17.8 Å². The summed E-state index contributed by atoms with van der Waals surface area (Å²) in [7, 11) is 0. The second kappa shape index (κ2) is 9.36. The Hall–Kier alpha value is -1.37. The van der Waals surface area contributed by atoms with Crippen LogP contribution in [0.2, 0.25) is 5.02 Å². The number of carbonyl (C=O) groups excluding carboxylic acids is 2. The molecule has 1 aliphatic rings. The Balaban J connectivity index is 0.00000312. The van der Waals surface area contributed by atoms with Crippen LogP contribution >= 0.6 is 24.0 Å². The van der Waals surface area contributed by atoms with Crippen molar-refractivity contribution >= 4 is 35.8 Å². The number of amides is 2. The number of nitrogens with two attached hydrogens (primary N) is 1. The van der Waals surface area contributed by atoms with Gasteiger partial charge in [-0.2, -0.15) is 0 Å². The normalized spacial score (nSPS) is 16.8. The van der Waals surface area contributed by atoms with E-state index in [1.165, 1.54) is 23.1 Å². The van der Waals surface area contributed by atoms with E-state index >= 15 is 0 Å². The molecule has 1 aromatic rings. The summed E-state index contributed by atoms with van der Waals surface area (Å²) in [5.41, 5.74) is 5.87. The number of hydrogen-bond donors (Lipinski definition) is 1. The van der Waals surface area contributed by atoms with E-state index in [2.05, 4.69) is 0 Å². The number of rotatable bonds is 4. The van der Waals surface area contributed by atoms with Gasteiger partial charge in [-0.15, -0.1) is 12.4 Å². The minimum Gasteiger partial charge on any atom is -0.338 e. The van der Waals surface area contributed by atoms with Gasteiger partial charge in [0.25, 0.3) is 5.91 Å². The summed E-state index contributed by atoms with van der Waals surface area (Å²) in [6.07, 6.45) is 0.830. The van der Waals surface area contributed by atoms with Crippen LogP contribution in [0, 0.1) is 11.7 Å². The van der Waals surface area contributed by atoms with Crippen molar-refractivity contribution in [3.05, 3.63) is 34.6 Å². The van der Waals surface area contributed by atoms with Gasteiger partial charge in [0, 0.05) is 26.2 Å². The number of piperazine rings is 1. The smallest absolute Gasteiger partial charge is 0.258 e. The molecule has 0 aromatic heterocycles. The van der Waals surface area contributed by atoms with Crippen LogP contribution in [-0.4, -0.2) is 53.8 Å². The Morgan fingerprint density at radius 2 is 1.80 bits per heavy atom. The van der Waals surface area contributed by atoms with Gasteiger partial charge in [-0.1, -0.05) is 37.9 Å². The van der Waals surface area contributed by atoms with Gasteiger partial charge < -0.3 is 15.5 Å². The molecule has 2 N–H and O–H groups in total. The maximum atomic E-state index is 13.9. The highest BCUT2D eigenvalue weighted by Gasteiger charge is 2.30. The fraction of sp³-hybridized carbons (Fsp3) is 0.529. The fourth-order valence-corrected chi connectivity index (χ4v) is 2.94. The maximum absolute atomic E-state index is 13.9. The summed E-state index contributed by atoms with van der Waals surface area (Å²) in [6.45, 7) is 5.39. The highest BCUT2D eigenvalue weighted by atomic mass is 35.5. The summed E-state index contributed by atoms with van der Waals surface area (Å²) >= 11 is 5.95. The molecule has 1 aliphatic heterocycles. The Morgan fingerprint density at radius 1 is 1.24 bits per heavy atom. The average Bonchev–Trinajstić information content (AvgIpc) is 2.59. The third-order valence-corrected chi connectivity index (χ3v) is 4.91. The first-order valence-corrected chi connectivity index (χ1v) is 8.52. The molecule has 5 nitrogen and oxygen atoms in total. The molecule has 0 saturated carbocycles. The van der Waals surface area contributed by atoms with E-state index in [0.717, 1.165) is 6.42 Å². The molecule has 0 aliphatic carbocycles. The number of benzene rings is 1. The van der Waals surface area contributed by atoms with Crippen LogP contribution in [0.3, 0.4) is 0 Å². The third kappa shape index (κ3) is 4.84. The van der Waals surface area contributed by atoms with Gasteiger partial charge in [-0.25, -0.2) is 4.39 Å². The van der Waals surface area contributed by atoms with Crippen molar-refractivity contribution in [3.8, 4) is 0 Å². The Bertz CT molecular complexity index is 602. The summed E-state index contributed by atoms with van der Waals surface area (Å²) in [4.78, 5) is 28.0. The lowest BCUT2D eigenvalue weighted by Crippen LogP contribution is -2.55. The zero-order valence-electron chi connectivity index (χ0n) is 14.4. The highest BCUT2D eigenvalue weighted by molar-refractivity contribution is 6.33. The van der Waals surface area contributed by atoms with Crippen LogP contribution < -0.4 is 5.73 Å². The Morgan fingerprint density at radius 3 is 2.32 bits per heavy atom. The van der Waals surface area contributed by atoms with E-state index in [1.807, 2.05) is 13.8 Å². The van der Waals surface area contributed by atoms with E-state index in [-0.39, 0.29) is 34.8 Å². The topological polar surface area (TPSA) is 66.6 Å². The largest absolute Gasteiger partial charge is 0.338 e. The van der Waals surface area contributed by atoms with E-state index in [1.54, 1.807) is 4.90 Å². The molecule has 1 saturated heterocycles. The number of halogens is 3. The van der Waals surface area contributed by atoms with E-state index in [4.69, 9.17) is 17.3 Å². The lowest BCUT2D eigenvalue weighted by atomic mass is 9.98. The van der Waals surface area contributed by atoms with Crippen LogP contribution in [0.4, 0.5) is 4.39 Å². The second-order valence-corrected chi connectivity index (χ2v) is 6.53. The van der Waals surface area contributed by atoms with Crippen LogP contribution in [0.25, 0.3) is 0 Å². The number of carbonyl (C=O) groups is 2. The van der Waals surface area contributed by atoms with Crippen molar-refractivity contribution in [3.63, 3.8) is 0 Å². The molecule has 2 atom stereocenters. The van der Waals surface area contributed by atoms with Crippen molar-refractivity contribution in [2.45, 2.75) is 26.3 Å². The van der Waals surface area contributed by atoms with Gasteiger partial charge in [-0.05, 0) is 18.1 Å². The Kier molecular flexibility index (Phi) is 8.12. The predicted molar refractivity (Wildman–Crippen MR) is 98.6 cm³/mol. The standard InChI is InChI=1S/C17H23ClFN3O2.ClH/c1-3-11(2)15(20)17(24)22-9-7-21(8-10-22)16(23)14-12(18)5-4-6-13(14)19;/h4-6,11,15H,3,7-10,20H2,1-2H3;1H. The van der Waals surface area contributed by atoms with Gasteiger partial charge >= 0.3 is 0 Å². The molecule has 0 radical (unpaired) electrons. The summed E-state index contributed by atoms with van der Waals surface area (Å²) in [5.74, 6) is -1.07. The SMILES string of the molecule is CCC(C)C(N)C(=O)N1CCN(C(=O)c2c(F)cccc2Cl)CC1.Cl. The monoisotopic (exact) mass is 391 g/mol. The third-order valence-electron chi connectivity index (χ3n) is 4.60. The number of nitrogens with zero attached hydrogens (tertiary/aromatic N) is 2. The van der Waals surface area contributed by atoms with Crippen molar-refractivity contribution in [1.82, 2.24) is 9.80 Å². The van der Waals surface area contributed by atoms with Crippen molar-refractivity contribution < 1.29 is 14.0 Å². The minimum atomic E-state index is -0.634. The molecule has 8 heteroatoms. The predicted octanol–water partition coefficient (Wildman–Crippen LogP) is 2.56. The fourth-order valence-electron chi connectivity index (χ4n) is 2.70. The Labute approximate surface area is 158 Å². The highest BCUT2D eigenvalue weighted by Crippen LogP contribution is 2.21. The second-order valence-electron chi connectivity index (χ2n) is 6.13. The molecule has 140 valence electrons. The van der Waals surface area contributed by atoms with Crippen LogP contribution in [0.1, 0.15) is 30.6 Å². The van der Waals surface area contributed by atoms with Crippen molar-refractivity contribution in [2.75, 3.05) is 26.2 Å². The first kappa shape index (κ1) is 21.7. The first-order chi connectivity index (χ1) is 11.4. The summed E-state index contributed by atoms with van der Waals surface area (Å²) in [5, 5.41) is 0.0947. The van der Waals surface area contributed by atoms with Gasteiger partial charge in [-0.3, -0.25) is 9.59 Å². The van der Waals surface area contributed by atoms with Gasteiger partial charge in [0.2, 0.25) is 5.91 Å². The molecule has 0 bridgehead atoms.